The molecule has 0 saturated carbocycles. The van der Waals surface area contributed by atoms with E-state index < -0.39 is 0 Å². The monoisotopic (exact) mass is 436 g/mol. The molecule has 1 heterocycles. The number of halogens is 2. The Morgan fingerprint density at radius 3 is 2.62 bits per heavy atom. The molecule has 26 heavy (non-hydrogen) atoms. The number of rotatable bonds is 7. The Labute approximate surface area is 167 Å². The lowest BCUT2D eigenvalue weighted by molar-refractivity contribution is -0.123. The average molecular weight is 438 g/mol. The highest BCUT2D eigenvalue weighted by Crippen LogP contribution is 2.27. The van der Waals surface area contributed by atoms with Gasteiger partial charge in [-0.2, -0.15) is 0 Å². The zero-order valence-corrected chi connectivity index (χ0v) is 16.9. The Hall–Kier alpha value is -1.56. The minimum atomic E-state index is -0.150. The van der Waals surface area contributed by atoms with Gasteiger partial charge >= 0.3 is 0 Å². The Kier molecular flexibility index (Phi) is 6.94. The number of nitrogens with zero attached hydrogens (tertiary/aromatic N) is 1. The predicted octanol–water partition coefficient (Wildman–Crippen LogP) is 4.39. The second-order valence-corrected chi connectivity index (χ2v) is 7.68. The third-order valence-electron chi connectivity index (χ3n) is 4.44. The highest BCUT2D eigenvalue weighted by Gasteiger charge is 2.14. The number of carbonyl (C=O) groups excluding carboxylic acids is 1. The molecule has 1 fully saturated rings. The third-order valence-corrected chi connectivity index (χ3v) is 5.29. The zero-order chi connectivity index (χ0) is 18.4. The van der Waals surface area contributed by atoms with Crippen LogP contribution in [0, 0.1) is 0 Å². The maximum Gasteiger partial charge on any atom is 0.258 e. The molecule has 0 unspecified atom stereocenters. The fraction of sp³-hybridized carbons (Fsp3) is 0.350. The van der Waals surface area contributed by atoms with Gasteiger partial charge in [-0.1, -0.05) is 35.9 Å². The van der Waals surface area contributed by atoms with Crippen LogP contribution in [0.1, 0.15) is 24.0 Å². The van der Waals surface area contributed by atoms with E-state index in [1.807, 2.05) is 6.07 Å². The van der Waals surface area contributed by atoms with Crippen molar-refractivity contribution >= 4 is 33.4 Å². The summed E-state index contributed by atoms with van der Waals surface area (Å²) in [5, 5.41) is 3.56. The predicted molar refractivity (Wildman–Crippen MR) is 107 cm³/mol. The second-order valence-electron chi connectivity index (χ2n) is 6.39. The van der Waals surface area contributed by atoms with Crippen molar-refractivity contribution in [3.05, 3.63) is 63.1 Å². The molecular formula is C20H22BrClN2O2. The minimum Gasteiger partial charge on any atom is -0.483 e. The molecule has 0 bridgehead atoms. The molecule has 0 aromatic heterocycles. The van der Waals surface area contributed by atoms with Crippen molar-refractivity contribution in [2.45, 2.75) is 25.9 Å². The van der Waals surface area contributed by atoms with Gasteiger partial charge in [-0.15, -0.1) is 0 Å². The van der Waals surface area contributed by atoms with Crippen LogP contribution < -0.4 is 10.1 Å². The first kappa shape index (κ1) is 19.2. The molecule has 0 radical (unpaired) electrons. The van der Waals surface area contributed by atoms with Gasteiger partial charge in [0, 0.05) is 18.1 Å². The number of amides is 1. The van der Waals surface area contributed by atoms with E-state index in [2.05, 4.69) is 44.3 Å². The number of nitrogens with one attached hydrogen (secondary N) is 1. The first-order valence-corrected chi connectivity index (χ1v) is 9.92. The number of likely N-dealkylation sites (tertiary alicyclic amines) is 1. The van der Waals surface area contributed by atoms with Crippen molar-refractivity contribution in [2.24, 2.45) is 0 Å². The number of hydrogen-bond donors (Lipinski definition) is 1. The smallest absolute Gasteiger partial charge is 0.258 e. The van der Waals surface area contributed by atoms with Gasteiger partial charge in [0.05, 0.1) is 4.47 Å². The minimum absolute atomic E-state index is 0.0332. The topological polar surface area (TPSA) is 41.6 Å². The molecule has 2 aromatic rings. The van der Waals surface area contributed by atoms with E-state index in [0.717, 1.165) is 29.7 Å². The average Bonchev–Trinajstić information content (AvgIpc) is 3.13. The summed E-state index contributed by atoms with van der Waals surface area (Å²) in [6.45, 7) is 3.73. The molecule has 138 valence electrons. The van der Waals surface area contributed by atoms with Crippen LogP contribution in [0.3, 0.4) is 0 Å². The molecule has 1 aliphatic rings. The Bertz CT molecular complexity index is 763. The summed E-state index contributed by atoms with van der Waals surface area (Å²) in [5.74, 6) is 0.446. The van der Waals surface area contributed by atoms with Crippen LogP contribution in [0.15, 0.2) is 46.9 Å². The highest BCUT2D eigenvalue weighted by molar-refractivity contribution is 9.10. The van der Waals surface area contributed by atoms with Crippen molar-refractivity contribution in [3.8, 4) is 5.75 Å². The van der Waals surface area contributed by atoms with Crippen LogP contribution in [0.4, 0.5) is 0 Å². The summed E-state index contributed by atoms with van der Waals surface area (Å²) in [4.78, 5) is 14.6. The standard InChI is InChI=1S/C20H22BrClN2O2/c21-18-11-17(22)7-8-19(18)26-14-20(25)23-12-15-5-1-2-6-16(15)13-24-9-3-4-10-24/h1-2,5-8,11H,3-4,9-10,12-14H2,(H,23,25). The van der Waals surface area contributed by atoms with Crippen LogP contribution in [-0.4, -0.2) is 30.5 Å². The van der Waals surface area contributed by atoms with E-state index in [1.165, 1.54) is 18.4 Å². The fourth-order valence-corrected chi connectivity index (χ4v) is 3.84. The van der Waals surface area contributed by atoms with Gasteiger partial charge in [0.1, 0.15) is 5.75 Å². The van der Waals surface area contributed by atoms with E-state index in [9.17, 15) is 4.79 Å². The van der Waals surface area contributed by atoms with E-state index in [1.54, 1.807) is 18.2 Å². The maximum atomic E-state index is 12.1. The second kappa shape index (κ2) is 9.40. The van der Waals surface area contributed by atoms with Gasteiger partial charge in [0.25, 0.3) is 5.91 Å². The summed E-state index contributed by atoms with van der Waals surface area (Å²) in [6, 6.07) is 13.5. The van der Waals surface area contributed by atoms with Gasteiger partial charge in [0.2, 0.25) is 0 Å². The van der Waals surface area contributed by atoms with Crippen molar-refractivity contribution < 1.29 is 9.53 Å². The van der Waals surface area contributed by atoms with Gasteiger partial charge in [-0.05, 0) is 71.2 Å². The third kappa shape index (κ3) is 5.47. The summed E-state index contributed by atoms with van der Waals surface area (Å²) < 4.78 is 6.28. The van der Waals surface area contributed by atoms with Crippen LogP contribution in [0.2, 0.25) is 5.02 Å². The lowest BCUT2D eigenvalue weighted by atomic mass is 10.1. The van der Waals surface area contributed by atoms with E-state index >= 15 is 0 Å². The molecule has 0 aliphatic carbocycles. The fourth-order valence-electron chi connectivity index (χ4n) is 3.05. The Morgan fingerprint density at radius 2 is 1.88 bits per heavy atom. The van der Waals surface area contributed by atoms with Gasteiger partial charge < -0.3 is 10.1 Å². The molecule has 2 aromatic carbocycles. The Balaban J connectivity index is 1.51. The van der Waals surface area contributed by atoms with Crippen molar-refractivity contribution in [1.82, 2.24) is 10.2 Å². The number of ether oxygens (including phenoxy) is 1. The number of carbonyl (C=O) groups is 1. The molecule has 3 rings (SSSR count). The summed E-state index contributed by atoms with van der Waals surface area (Å²) >= 11 is 9.28. The number of hydrogen-bond acceptors (Lipinski definition) is 3. The lowest BCUT2D eigenvalue weighted by Crippen LogP contribution is -2.29. The normalized spacial score (nSPS) is 14.4. The molecular weight excluding hydrogens is 416 g/mol. The summed E-state index contributed by atoms with van der Waals surface area (Å²) in [5.41, 5.74) is 2.43. The molecule has 4 nitrogen and oxygen atoms in total. The van der Waals surface area contributed by atoms with E-state index in [0.29, 0.717) is 17.3 Å². The summed E-state index contributed by atoms with van der Waals surface area (Å²) in [6.07, 6.45) is 2.55. The molecule has 1 amide bonds. The molecule has 0 spiro atoms. The van der Waals surface area contributed by atoms with Crippen molar-refractivity contribution in [3.63, 3.8) is 0 Å². The first-order chi connectivity index (χ1) is 12.6. The van der Waals surface area contributed by atoms with E-state index in [-0.39, 0.29) is 12.5 Å². The molecule has 6 heteroatoms. The highest BCUT2D eigenvalue weighted by atomic mass is 79.9. The van der Waals surface area contributed by atoms with Crippen molar-refractivity contribution in [1.29, 1.82) is 0 Å². The quantitative estimate of drug-likeness (QED) is 0.698. The lowest BCUT2D eigenvalue weighted by Gasteiger charge is -2.17. The SMILES string of the molecule is O=C(COc1ccc(Cl)cc1Br)NCc1ccccc1CN1CCCC1. The van der Waals surface area contributed by atoms with Gasteiger partial charge in [0.15, 0.2) is 6.61 Å². The molecule has 0 atom stereocenters. The van der Waals surface area contributed by atoms with Crippen molar-refractivity contribution in [2.75, 3.05) is 19.7 Å². The summed E-state index contributed by atoms with van der Waals surface area (Å²) in [7, 11) is 0. The first-order valence-electron chi connectivity index (χ1n) is 8.75. The van der Waals surface area contributed by atoms with Gasteiger partial charge in [-0.3, -0.25) is 9.69 Å². The Morgan fingerprint density at radius 1 is 1.15 bits per heavy atom. The zero-order valence-electron chi connectivity index (χ0n) is 14.5. The van der Waals surface area contributed by atoms with E-state index in [4.69, 9.17) is 16.3 Å². The van der Waals surface area contributed by atoms with Crippen LogP contribution >= 0.6 is 27.5 Å². The number of benzene rings is 2. The van der Waals surface area contributed by atoms with Crippen LogP contribution in [0.25, 0.3) is 0 Å². The largest absolute Gasteiger partial charge is 0.483 e. The van der Waals surface area contributed by atoms with Gasteiger partial charge in [-0.25, -0.2) is 0 Å². The van der Waals surface area contributed by atoms with Crippen LogP contribution in [0.5, 0.6) is 5.75 Å². The molecule has 1 N–H and O–H groups in total. The molecule has 1 aliphatic heterocycles. The maximum absolute atomic E-state index is 12.1. The molecule has 1 saturated heterocycles. The van der Waals surface area contributed by atoms with Crippen LogP contribution in [-0.2, 0) is 17.9 Å².